The second-order valence-electron chi connectivity index (χ2n) is 7.42. The minimum absolute atomic E-state index is 0.232. The maximum atomic E-state index is 12.4. The molecule has 1 unspecified atom stereocenters. The number of amides is 1. The van der Waals surface area contributed by atoms with Crippen LogP contribution in [0.4, 0.5) is 5.69 Å². The van der Waals surface area contributed by atoms with Crippen molar-refractivity contribution >= 4 is 17.6 Å². The molecule has 0 aliphatic rings. The molecule has 0 aromatic heterocycles. The fourth-order valence-electron chi connectivity index (χ4n) is 2.99. The molecule has 1 N–H and O–H groups in total. The molecule has 5 heteroatoms. The number of carbonyl (C=O) groups is 2. The summed E-state index contributed by atoms with van der Waals surface area (Å²) in [6.07, 6.45) is 1.33. The second-order valence-corrected chi connectivity index (χ2v) is 7.42. The van der Waals surface area contributed by atoms with E-state index in [1.165, 1.54) is 5.56 Å². The summed E-state index contributed by atoms with van der Waals surface area (Å²) in [7, 11) is 0. The van der Waals surface area contributed by atoms with Crippen LogP contribution in [-0.2, 0) is 11.2 Å². The van der Waals surface area contributed by atoms with Crippen LogP contribution in [0.5, 0.6) is 11.5 Å². The van der Waals surface area contributed by atoms with Crippen molar-refractivity contribution in [3.63, 3.8) is 0 Å². The zero-order valence-corrected chi connectivity index (χ0v) is 18.1. The van der Waals surface area contributed by atoms with Crippen LogP contribution in [-0.4, -0.2) is 18.0 Å². The standard InChI is InChI=1S/C26H27NO4/c1-4-5-20-8-14-23(15-9-20)30-19(3)26(29)31-24-16-10-21(11-17-24)25(28)27-22-12-6-18(2)7-13-22/h6-17,19H,4-5H2,1-3H3,(H,27,28). The molecule has 0 bridgehead atoms. The summed E-state index contributed by atoms with van der Waals surface area (Å²) in [6.45, 7) is 5.76. The Labute approximate surface area is 183 Å². The van der Waals surface area contributed by atoms with Gasteiger partial charge in [-0.05, 0) is 74.4 Å². The van der Waals surface area contributed by atoms with E-state index in [0.717, 1.165) is 24.1 Å². The van der Waals surface area contributed by atoms with Crippen molar-refractivity contribution in [1.82, 2.24) is 0 Å². The zero-order chi connectivity index (χ0) is 22.2. The van der Waals surface area contributed by atoms with Crippen molar-refractivity contribution in [2.24, 2.45) is 0 Å². The summed E-state index contributed by atoms with van der Waals surface area (Å²) in [4.78, 5) is 24.7. The van der Waals surface area contributed by atoms with Crippen LogP contribution in [0.2, 0.25) is 0 Å². The van der Waals surface area contributed by atoms with E-state index < -0.39 is 12.1 Å². The highest BCUT2D eigenvalue weighted by Crippen LogP contribution is 2.18. The van der Waals surface area contributed by atoms with Gasteiger partial charge in [0.05, 0.1) is 0 Å². The van der Waals surface area contributed by atoms with Crippen molar-refractivity contribution in [3.05, 3.63) is 89.5 Å². The summed E-state index contributed by atoms with van der Waals surface area (Å²) in [5, 5.41) is 2.84. The first-order valence-electron chi connectivity index (χ1n) is 10.4. The molecule has 0 heterocycles. The number of anilines is 1. The minimum Gasteiger partial charge on any atom is -0.479 e. The van der Waals surface area contributed by atoms with Crippen LogP contribution in [0.25, 0.3) is 0 Å². The molecule has 3 aromatic rings. The smallest absolute Gasteiger partial charge is 0.352 e. The van der Waals surface area contributed by atoms with Gasteiger partial charge in [-0.2, -0.15) is 0 Å². The predicted octanol–water partition coefficient (Wildman–Crippen LogP) is 5.57. The van der Waals surface area contributed by atoms with Gasteiger partial charge in [-0.3, -0.25) is 4.79 Å². The maximum Gasteiger partial charge on any atom is 0.352 e. The first-order chi connectivity index (χ1) is 14.9. The van der Waals surface area contributed by atoms with Crippen LogP contribution in [0.1, 0.15) is 41.8 Å². The number of ether oxygens (including phenoxy) is 2. The highest BCUT2D eigenvalue weighted by Gasteiger charge is 2.17. The molecule has 1 atom stereocenters. The van der Waals surface area contributed by atoms with Crippen molar-refractivity contribution in [1.29, 1.82) is 0 Å². The fourth-order valence-corrected chi connectivity index (χ4v) is 2.99. The quantitative estimate of drug-likeness (QED) is 0.384. The van der Waals surface area contributed by atoms with E-state index >= 15 is 0 Å². The highest BCUT2D eigenvalue weighted by atomic mass is 16.6. The molecular weight excluding hydrogens is 390 g/mol. The first-order valence-corrected chi connectivity index (χ1v) is 10.4. The van der Waals surface area contributed by atoms with E-state index in [1.54, 1.807) is 31.2 Å². The first kappa shape index (κ1) is 22.1. The molecule has 0 aliphatic heterocycles. The average molecular weight is 418 g/mol. The van der Waals surface area contributed by atoms with Crippen LogP contribution >= 0.6 is 0 Å². The Bertz CT molecular complexity index is 1010. The van der Waals surface area contributed by atoms with Crippen LogP contribution in [0, 0.1) is 6.92 Å². The lowest BCUT2D eigenvalue weighted by molar-refractivity contribution is -0.141. The van der Waals surface area contributed by atoms with Crippen molar-refractivity contribution in [2.45, 2.75) is 39.7 Å². The van der Waals surface area contributed by atoms with E-state index in [0.29, 0.717) is 17.1 Å². The van der Waals surface area contributed by atoms with Gasteiger partial charge in [0.25, 0.3) is 5.91 Å². The van der Waals surface area contributed by atoms with E-state index in [9.17, 15) is 9.59 Å². The molecule has 0 fully saturated rings. The normalized spacial score (nSPS) is 11.5. The third-order valence-electron chi connectivity index (χ3n) is 4.75. The molecule has 5 nitrogen and oxygen atoms in total. The van der Waals surface area contributed by atoms with Gasteiger partial charge in [-0.25, -0.2) is 4.79 Å². The molecule has 0 saturated carbocycles. The Kier molecular flexibility index (Phi) is 7.44. The van der Waals surface area contributed by atoms with Gasteiger partial charge in [-0.1, -0.05) is 43.2 Å². The molecule has 3 rings (SSSR count). The number of rotatable bonds is 8. The third kappa shape index (κ3) is 6.44. The lowest BCUT2D eigenvalue weighted by Crippen LogP contribution is -2.28. The lowest BCUT2D eigenvalue weighted by atomic mass is 10.1. The van der Waals surface area contributed by atoms with Gasteiger partial charge in [-0.15, -0.1) is 0 Å². The number of esters is 1. The van der Waals surface area contributed by atoms with Crippen molar-refractivity contribution in [2.75, 3.05) is 5.32 Å². The average Bonchev–Trinajstić information content (AvgIpc) is 2.77. The van der Waals surface area contributed by atoms with Gasteiger partial charge in [0.2, 0.25) is 0 Å². The van der Waals surface area contributed by atoms with Gasteiger partial charge in [0.1, 0.15) is 11.5 Å². The number of hydrogen-bond acceptors (Lipinski definition) is 4. The second kappa shape index (κ2) is 10.4. The van der Waals surface area contributed by atoms with Gasteiger partial charge < -0.3 is 14.8 Å². The Hall–Kier alpha value is -3.60. The summed E-state index contributed by atoms with van der Waals surface area (Å²) < 4.78 is 11.1. The number of benzene rings is 3. The number of carbonyl (C=O) groups excluding carboxylic acids is 2. The van der Waals surface area contributed by atoms with Crippen LogP contribution in [0.15, 0.2) is 72.8 Å². The molecule has 0 aliphatic carbocycles. The largest absolute Gasteiger partial charge is 0.479 e. The molecule has 160 valence electrons. The fraction of sp³-hybridized carbons (Fsp3) is 0.231. The van der Waals surface area contributed by atoms with Crippen LogP contribution in [0.3, 0.4) is 0 Å². The molecule has 31 heavy (non-hydrogen) atoms. The molecule has 0 saturated heterocycles. The summed E-state index contributed by atoms with van der Waals surface area (Å²) in [5.74, 6) is 0.234. The van der Waals surface area contributed by atoms with Crippen LogP contribution < -0.4 is 14.8 Å². The number of aryl methyl sites for hydroxylation is 2. The van der Waals surface area contributed by atoms with Gasteiger partial charge in [0, 0.05) is 11.3 Å². The van der Waals surface area contributed by atoms with Gasteiger partial charge >= 0.3 is 5.97 Å². The Morgan fingerprint density at radius 3 is 2.10 bits per heavy atom. The molecule has 3 aromatic carbocycles. The summed E-state index contributed by atoms with van der Waals surface area (Å²) >= 11 is 0. The monoisotopic (exact) mass is 417 g/mol. The van der Waals surface area contributed by atoms with Crippen molar-refractivity contribution < 1.29 is 19.1 Å². The van der Waals surface area contributed by atoms with E-state index in [-0.39, 0.29) is 5.91 Å². The van der Waals surface area contributed by atoms with E-state index in [2.05, 4.69) is 12.2 Å². The minimum atomic E-state index is -0.762. The molecular formula is C26H27NO4. The van der Waals surface area contributed by atoms with E-state index in [1.807, 2.05) is 55.5 Å². The lowest BCUT2D eigenvalue weighted by Gasteiger charge is -2.14. The third-order valence-corrected chi connectivity index (χ3v) is 4.75. The summed E-state index contributed by atoms with van der Waals surface area (Å²) in [6, 6.07) is 21.7. The highest BCUT2D eigenvalue weighted by molar-refractivity contribution is 6.04. The van der Waals surface area contributed by atoms with Gasteiger partial charge in [0.15, 0.2) is 6.10 Å². The Morgan fingerprint density at radius 2 is 1.48 bits per heavy atom. The topological polar surface area (TPSA) is 64.6 Å². The Morgan fingerprint density at radius 1 is 0.871 bits per heavy atom. The number of nitrogens with one attached hydrogen (secondary N) is 1. The molecule has 1 amide bonds. The van der Waals surface area contributed by atoms with E-state index in [4.69, 9.17) is 9.47 Å². The maximum absolute atomic E-state index is 12.4. The zero-order valence-electron chi connectivity index (χ0n) is 18.1. The number of hydrogen-bond donors (Lipinski definition) is 1. The summed E-state index contributed by atoms with van der Waals surface area (Å²) in [5.41, 5.74) is 3.55. The predicted molar refractivity (Wildman–Crippen MR) is 122 cm³/mol. The SMILES string of the molecule is CCCc1ccc(OC(C)C(=O)Oc2ccc(C(=O)Nc3ccc(C)cc3)cc2)cc1. The molecule has 0 radical (unpaired) electrons. The van der Waals surface area contributed by atoms with Crippen molar-refractivity contribution in [3.8, 4) is 11.5 Å². The Balaban J connectivity index is 1.53. The molecule has 0 spiro atoms.